The molecule has 33 heavy (non-hydrogen) atoms. The standard InChI is InChI=1S/C22H23ClF2N6O2/c1-30-16-4-3-13(11-14(16)17-18(20(30)32)33-10-2-7-26-17)28-19-15(23)12-27-21(29-19)31-8-5-22(24,25)6-9-31/h3-4,11-12,26H,2,5-10H2,1H3,(H,27,28,29). The predicted octanol–water partition coefficient (Wildman–Crippen LogP) is 4.16. The SMILES string of the molecule is Cn1c(=O)c2c(c3cc(Nc4nc(N5CCC(F)(F)CC5)ncc4Cl)ccc31)NCCCO2. The molecule has 0 amide bonds. The topological polar surface area (TPSA) is 84.3 Å². The number of halogens is 3. The number of aromatic nitrogens is 3. The Labute approximate surface area is 193 Å². The first-order chi connectivity index (χ1) is 15.8. The van der Waals surface area contributed by atoms with Gasteiger partial charge in [0.05, 0.1) is 24.0 Å². The molecule has 0 spiro atoms. The van der Waals surface area contributed by atoms with Crippen molar-refractivity contribution in [2.75, 3.05) is 41.8 Å². The zero-order valence-corrected chi connectivity index (χ0v) is 18.8. The quantitative estimate of drug-likeness (QED) is 0.587. The van der Waals surface area contributed by atoms with Crippen LogP contribution in [0.3, 0.4) is 0 Å². The van der Waals surface area contributed by atoms with Gasteiger partial charge in [-0.3, -0.25) is 4.79 Å². The van der Waals surface area contributed by atoms with E-state index >= 15 is 0 Å². The number of nitrogens with zero attached hydrogens (tertiary/aromatic N) is 4. The number of nitrogens with one attached hydrogen (secondary N) is 2. The van der Waals surface area contributed by atoms with Gasteiger partial charge in [-0.2, -0.15) is 4.98 Å². The van der Waals surface area contributed by atoms with Crippen LogP contribution in [0.25, 0.3) is 10.9 Å². The van der Waals surface area contributed by atoms with E-state index in [0.29, 0.717) is 47.1 Å². The number of alkyl halides is 2. The van der Waals surface area contributed by atoms with Gasteiger partial charge in [-0.15, -0.1) is 0 Å². The highest BCUT2D eigenvalue weighted by Crippen LogP contribution is 2.35. The number of rotatable bonds is 3. The third-order valence-electron chi connectivity index (χ3n) is 5.99. The Kier molecular flexibility index (Phi) is 5.48. The van der Waals surface area contributed by atoms with Crippen molar-refractivity contribution in [3.05, 3.63) is 39.8 Å². The maximum Gasteiger partial charge on any atom is 0.295 e. The van der Waals surface area contributed by atoms with E-state index in [1.54, 1.807) is 16.5 Å². The van der Waals surface area contributed by atoms with Gasteiger partial charge in [0.1, 0.15) is 5.02 Å². The van der Waals surface area contributed by atoms with Crippen molar-refractivity contribution in [2.45, 2.75) is 25.2 Å². The van der Waals surface area contributed by atoms with Gasteiger partial charge >= 0.3 is 0 Å². The van der Waals surface area contributed by atoms with Crippen LogP contribution < -0.4 is 25.8 Å². The van der Waals surface area contributed by atoms with Gasteiger partial charge in [-0.05, 0) is 24.6 Å². The predicted molar refractivity (Wildman–Crippen MR) is 125 cm³/mol. The average Bonchev–Trinajstić information content (AvgIpc) is 3.05. The molecule has 3 aromatic rings. The lowest BCUT2D eigenvalue weighted by Gasteiger charge is -2.31. The second kappa shape index (κ2) is 8.33. The van der Waals surface area contributed by atoms with Crippen LogP contribution in [-0.2, 0) is 7.05 Å². The van der Waals surface area contributed by atoms with Crippen LogP contribution in [-0.4, -0.2) is 46.7 Å². The summed E-state index contributed by atoms with van der Waals surface area (Å²) in [6.45, 7) is 1.52. The van der Waals surface area contributed by atoms with Gasteiger partial charge < -0.3 is 24.8 Å². The highest BCUT2D eigenvalue weighted by Gasteiger charge is 2.35. The molecule has 11 heteroatoms. The fraction of sp³-hybridized carbons (Fsp3) is 0.409. The lowest BCUT2D eigenvalue weighted by molar-refractivity contribution is -0.0222. The summed E-state index contributed by atoms with van der Waals surface area (Å²) in [6.07, 6.45) is 1.79. The molecule has 2 N–H and O–H groups in total. The minimum absolute atomic E-state index is 0.176. The number of aryl methyl sites for hydroxylation is 1. The van der Waals surface area contributed by atoms with Crippen molar-refractivity contribution in [1.82, 2.24) is 14.5 Å². The summed E-state index contributed by atoms with van der Waals surface area (Å²) >= 11 is 6.33. The third-order valence-corrected chi connectivity index (χ3v) is 6.27. The molecule has 174 valence electrons. The van der Waals surface area contributed by atoms with Crippen LogP contribution >= 0.6 is 11.6 Å². The largest absolute Gasteiger partial charge is 0.486 e. The first-order valence-electron chi connectivity index (χ1n) is 10.8. The molecule has 5 rings (SSSR count). The lowest BCUT2D eigenvalue weighted by Crippen LogP contribution is -2.40. The maximum absolute atomic E-state index is 13.5. The van der Waals surface area contributed by atoms with Gasteiger partial charge in [-0.25, -0.2) is 13.8 Å². The average molecular weight is 477 g/mol. The highest BCUT2D eigenvalue weighted by molar-refractivity contribution is 6.32. The number of piperidine rings is 1. The number of fused-ring (bicyclic) bond motifs is 3. The van der Waals surface area contributed by atoms with E-state index < -0.39 is 5.92 Å². The summed E-state index contributed by atoms with van der Waals surface area (Å²) in [5, 5.41) is 7.64. The summed E-state index contributed by atoms with van der Waals surface area (Å²) < 4.78 is 34.3. The second-order valence-corrected chi connectivity index (χ2v) is 8.67. The Morgan fingerprint density at radius 1 is 1.27 bits per heavy atom. The summed E-state index contributed by atoms with van der Waals surface area (Å²) in [7, 11) is 1.71. The minimum Gasteiger partial charge on any atom is -0.486 e. The number of benzene rings is 1. The van der Waals surface area contributed by atoms with Crippen LogP contribution in [0.5, 0.6) is 5.75 Å². The smallest absolute Gasteiger partial charge is 0.295 e. The van der Waals surface area contributed by atoms with E-state index in [-0.39, 0.29) is 31.5 Å². The van der Waals surface area contributed by atoms with Gasteiger partial charge in [-0.1, -0.05) is 11.6 Å². The molecule has 1 aromatic carbocycles. The Hall–Kier alpha value is -3.14. The molecular formula is C22H23ClF2N6O2. The van der Waals surface area contributed by atoms with Crippen LogP contribution in [0.4, 0.5) is 31.9 Å². The number of pyridine rings is 1. The van der Waals surface area contributed by atoms with Crippen LogP contribution in [0.15, 0.2) is 29.2 Å². The molecule has 2 aliphatic rings. The summed E-state index contributed by atoms with van der Waals surface area (Å²) in [6, 6.07) is 5.56. The Morgan fingerprint density at radius 2 is 2.06 bits per heavy atom. The fourth-order valence-corrected chi connectivity index (χ4v) is 4.27. The van der Waals surface area contributed by atoms with Crippen LogP contribution in [0.2, 0.25) is 5.02 Å². The molecule has 0 saturated carbocycles. The molecule has 2 aliphatic heterocycles. The molecule has 1 saturated heterocycles. The molecule has 0 radical (unpaired) electrons. The lowest BCUT2D eigenvalue weighted by atomic mass is 10.1. The molecule has 8 nitrogen and oxygen atoms in total. The van der Waals surface area contributed by atoms with Gasteiger partial charge in [0.15, 0.2) is 5.82 Å². The van der Waals surface area contributed by atoms with Crippen LogP contribution in [0.1, 0.15) is 19.3 Å². The van der Waals surface area contributed by atoms with Gasteiger partial charge in [0.2, 0.25) is 11.7 Å². The number of hydrogen-bond donors (Lipinski definition) is 2. The van der Waals surface area contributed by atoms with Gasteiger partial charge in [0, 0.05) is 50.6 Å². The number of hydrogen-bond acceptors (Lipinski definition) is 7. The number of ether oxygens (including phenoxy) is 1. The maximum atomic E-state index is 13.5. The van der Waals surface area contributed by atoms with Crippen LogP contribution in [0, 0.1) is 0 Å². The Balaban J connectivity index is 1.49. The van der Waals surface area contributed by atoms with Gasteiger partial charge in [0.25, 0.3) is 11.5 Å². The zero-order valence-electron chi connectivity index (χ0n) is 18.0. The van der Waals surface area contributed by atoms with Crippen molar-refractivity contribution in [2.24, 2.45) is 7.05 Å². The van der Waals surface area contributed by atoms with Crippen molar-refractivity contribution < 1.29 is 13.5 Å². The van der Waals surface area contributed by atoms with Crippen molar-refractivity contribution in [3.63, 3.8) is 0 Å². The van der Waals surface area contributed by atoms with E-state index in [4.69, 9.17) is 16.3 Å². The molecule has 0 unspecified atom stereocenters. The summed E-state index contributed by atoms with van der Waals surface area (Å²) in [5.74, 6) is -1.61. The zero-order chi connectivity index (χ0) is 23.2. The molecular weight excluding hydrogens is 454 g/mol. The second-order valence-electron chi connectivity index (χ2n) is 8.26. The molecule has 1 fully saturated rings. The molecule has 0 atom stereocenters. The third kappa shape index (κ3) is 4.15. The summed E-state index contributed by atoms with van der Waals surface area (Å²) in [4.78, 5) is 23.2. The van der Waals surface area contributed by atoms with E-state index in [0.717, 1.165) is 17.3 Å². The van der Waals surface area contributed by atoms with E-state index in [2.05, 4.69) is 20.6 Å². The monoisotopic (exact) mass is 476 g/mol. The molecule has 0 bridgehead atoms. The van der Waals surface area contributed by atoms with E-state index in [9.17, 15) is 13.6 Å². The van der Waals surface area contributed by atoms with Crippen molar-refractivity contribution in [3.8, 4) is 5.75 Å². The van der Waals surface area contributed by atoms with Crippen molar-refractivity contribution >= 4 is 45.6 Å². The van der Waals surface area contributed by atoms with E-state index in [1.165, 1.54) is 6.20 Å². The molecule has 2 aromatic heterocycles. The highest BCUT2D eigenvalue weighted by atomic mass is 35.5. The fourth-order valence-electron chi connectivity index (χ4n) is 4.14. The molecule has 4 heterocycles. The Bertz CT molecular complexity index is 1270. The summed E-state index contributed by atoms with van der Waals surface area (Å²) in [5.41, 5.74) is 1.93. The van der Waals surface area contributed by atoms with Crippen molar-refractivity contribution in [1.29, 1.82) is 0 Å². The van der Waals surface area contributed by atoms with E-state index in [1.807, 2.05) is 18.2 Å². The molecule has 0 aliphatic carbocycles. The number of anilines is 4. The normalized spacial score (nSPS) is 17.6. The first-order valence-corrected chi connectivity index (χ1v) is 11.2. The first kappa shape index (κ1) is 21.7. The minimum atomic E-state index is -2.65. The Morgan fingerprint density at radius 3 is 2.85 bits per heavy atom.